The number of hydrogen-bond acceptors (Lipinski definition) is 3. The Hall–Kier alpha value is -1.03. The highest BCUT2D eigenvalue weighted by Gasteiger charge is 2.21. The summed E-state index contributed by atoms with van der Waals surface area (Å²) in [6.45, 7) is 6.41. The summed E-state index contributed by atoms with van der Waals surface area (Å²) in [5.74, 6) is 1.67. The van der Waals surface area contributed by atoms with Crippen molar-refractivity contribution in [1.82, 2.24) is 9.78 Å². The first-order valence-electron chi connectivity index (χ1n) is 5.67. The standard InChI is InChI=1S/C11H19N3O/c1-3-10-8(2)11-12-6-9(4-5-15)7-14(11)13-10/h9,12,15H,3-7H2,1-2H3. The summed E-state index contributed by atoms with van der Waals surface area (Å²) in [4.78, 5) is 0. The van der Waals surface area contributed by atoms with E-state index in [1.807, 2.05) is 0 Å². The Morgan fingerprint density at radius 3 is 3.07 bits per heavy atom. The minimum absolute atomic E-state index is 0.266. The number of nitrogens with zero attached hydrogens (tertiary/aromatic N) is 2. The largest absolute Gasteiger partial charge is 0.396 e. The third-order valence-electron chi connectivity index (χ3n) is 3.15. The summed E-state index contributed by atoms with van der Waals surface area (Å²) in [7, 11) is 0. The van der Waals surface area contributed by atoms with Gasteiger partial charge < -0.3 is 10.4 Å². The molecule has 1 atom stereocenters. The Morgan fingerprint density at radius 1 is 1.60 bits per heavy atom. The van der Waals surface area contributed by atoms with Crippen molar-refractivity contribution in [2.45, 2.75) is 33.2 Å². The van der Waals surface area contributed by atoms with Crippen LogP contribution in [0.15, 0.2) is 0 Å². The van der Waals surface area contributed by atoms with Crippen molar-refractivity contribution in [3.05, 3.63) is 11.3 Å². The summed E-state index contributed by atoms with van der Waals surface area (Å²) in [6.07, 6.45) is 1.84. The fourth-order valence-electron chi connectivity index (χ4n) is 2.22. The van der Waals surface area contributed by atoms with Crippen molar-refractivity contribution < 1.29 is 5.11 Å². The molecular formula is C11H19N3O. The van der Waals surface area contributed by atoms with Crippen LogP contribution in [0.1, 0.15) is 24.6 Å². The Labute approximate surface area is 90.3 Å². The number of fused-ring (bicyclic) bond motifs is 1. The summed E-state index contributed by atoms with van der Waals surface area (Å²) in [5.41, 5.74) is 2.46. The van der Waals surface area contributed by atoms with E-state index < -0.39 is 0 Å². The van der Waals surface area contributed by atoms with Crippen molar-refractivity contribution in [1.29, 1.82) is 0 Å². The highest BCUT2D eigenvalue weighted by atomic mass is 16.3. The number of aliphatic hydroxyl groups is 1. The van der Waals surface area contributed by atoms with Gasteiger partial charge in [0.15, 0.2) is 0 Å². The zero-order valence-electron chi connectivity index (χ0n) is 9.45. The number of hydrogen-bond donors (Lipinski definition) is 2. The van der Waals surface area contributed by atoms with Crippen molar-refractivity contribution in [3.63, 3.8) is 0 Å². The minimum atomic E-state index is 0.266. The van der Waals surface area contributed by atoms with Crippen molar-refractivity contribution in [3.8, 4) is 0 Å². The van der Waals surface area contributed by atoms with Crippen LogP contribution in [0.4, 0.5) is 5.82 Å². The van der Waals surface area contributed by atoms with Gasteiger partial charge in [0.2, 0.25) is 0 Å². The van der Waals surface area contributed by atoms with Crippen LogP contribution in [-0.2, 0) is 13.0 Å². The lowest BCUT2D eigenvalue weighted by molar-refractivity contribution is 0.244. The zero-order chi connectivity index (χ0) is 10.8. The summed E-state index contributed by atoms with van der Waals surface area (Å²) < 4.78 is 2.05. The summed E-state index contributed by atoms with van der Waals surface area (Å²) >= 11 is 0. The molecule has 0 fully saturated rings. The number of rotatable bonds is 3. The molecule has 4 nitrogen and oxygen atoms in total. The molecule has 4 heteroatoms. The SMILES string of the molecule is CCc1nn2c(c1C)NCC(CCO)C2. The van der Waals surface area contributed by atoms with E-state index in [2.05, 4.69) is 28.9 Å². The van der Waals surface area contributed by atoms with Crippen LogP contribution in [0.5, 0.6) is 0 Å². The molecule has 2 rings (SSSR count). The summed E-state index contributed by atoms with van der Waals surface area (Å²) in [5, 5.41) is 16.9. The van der Waals surface area contributed by atoms with Gasteiger partial charge >= 0.3 is 0 Å². The lowest BCUT2D eigenvalue weighted by atomic mass is 10.0. The lowest BCUT2D eigenvalue weighted by Crippen LogP contribution is -2.28. The second-order valence-electron chi connectivity index (χ2n) is 4.22. The third kappa shape index (κ3) is 1.86. The second-order valence-corrected chi connectivity index (χ2v) is 4.22. The molecule has 1 aliphatic rings. The molecule has 1 aromatic heterocycles. The minimum Gasteiger partial charge on any atom is -0.396 e. The van der Waals surface area contributed by atoms with E-state index in [1.54, 1.807) is 0 Å². The maximum atomic E-state index is 8.92. The van der Waals surface area contributed by atoms with Crippen LogP contribution < -0.4 is 5.32 Å². The molecule has 0 bridgehead atoms. The van der Waals surface area contributed by atoms with E-state index in [1.165, 1.54) is 17.1 Å². The van der Waals surface area contributed by atoms with Crippen LogP contribution in [-0.4, -0.2) is 28.0 Å². The van der Waals surface area contributed by atoms with Crippen molar-refractivity contribution >= 4 is 5.82 Å². The fraction of sp³-hybridized carbons (Fsp3) is 0.727. The molecule has 15 heavy (non-hydrogen) atoms. The van der Waals surface area contributed by atoms with Gasteiger partial charge in [-0.15, -0.1) is 0 Å². The predicted molar refractivity (Wildman–Crippen MR) is 60.0 cm³/mol. The van der Waals surface area contributed by atoms with Gasteiger partial charge in [0, 0.05) is 25.3 Å². The van der Waals surface area contributed by atoms with Gasteiger partial charge in [0.05, 0.1) is 5.69 Å². The van der Waals surface area contributed by atoms with Gasteiger partial charge in [-0.05, 0) is 25.7 Å². The molecule has 1 unspecified atom stereocenters. The molecule has 0 spiro atoms. The van der Waals surface area contributed by atoms with Gasteiger partial charge in [-0.2, -0.15) is 5.10 Å². The van der Waals surface area contributed by atoms with Crippen molar-refractivity contribution in [2.24, 2.45) is 5.92 Å². The molecule has 2 N–H and O–H groups in total. The average molecular weight is 209 g/mol. The number of aromatic nitrogens is 2. The molecule has 84 valence electrons. The molecule has 0 aromatic carbocycles. The molecular weight excluding hydrogens is 190 g/mol. The Balaban J connectivity index is 2.19. The number of anilines is 1. The average Bonchev–Trinajstić information content (AvgIpc) is 2.56. The molecule has 0 radical (unpaired) electrons. The van der Waals surface area contributed by atoms with E-state index in [-0.39, 0.29) is 6.61 Å². The van der Waals surface area contributed by atoms with Crippen LogP contribution in [0.2, 0.25) is 0 Å². The molecule has 0 aliphatic carbocycles. The van der Waals surface area contributed by atoms with Crippen LogP contribution in [0.25, 0.3) is 0 Å². The van der Waals surface area contributed by atoms with E-state index >= 15 is 0 Å². The number of nitrogens with one attached hydrogen (secondary N) is 1. The van der Waals surface area contributed by atoms with Gasteiger partial charge in [-0.25, -0.2) is 4.68 Å². The molecule has 0 saturated heterocycles. The van der Waals surface area contributed by atoms with E-state index in [0.29, 0.717) is 5.92 Å². The van der Waals surface area contributed by atoms with E-state index in [0.717, 1.165) is 25.9 Å². The smallest absolute Gasteiger partial charge is 0.127 e. The number of aryl methyl sites for hydroxylation is 1. The normalized spacial score (nSPS) is 19.8. The molecule has 1 aromatic rings. The quantitative estimate of drug-likeness (QED) is 0.786. The van der Waals surface area contributed by atoms with Gasteiger partial charge in [0.25, 0.3) is 0 Å². The maximum Gasteiger partial charge on any atom is 0.127 e. The van der Waals surface area contributed by atoms with Gasteiger partial charge in [0.1, 0.15) is 5.82 Å². The first-order chi connectivity index (χ1) is 7.26. The Morgan fingerprint density at radius 2 is 2.40 bits per heavy atom. The number of aliphatic hydroxyl groups excluding tert-OH is 1. The molecule has 0 amide bonds. The molecule has 1 aliphatic heterocycles. The van der Waals surface area contributed by atoms with E-state index in [9.17, 15) is 0 Å². The lowest BCUT2D eigenvalue weighted by Gasteiger charge is -2.24. The third-order valence-corrected chi connectivity index (χ3v) is 3.15. The Kier molecular flexibility index (Phi) is 2.95. The highest BCUT2D eigenvalue weighted by molar-refractivity contribution is 5.48. The molecule has 2 heterocycles. The topological polar surface area (TPSA) is 50.1 Å². The monoisotopic (exact) mass is 209 g/mol. The van der Waals surface area contributed by atoms with Crippen LogP contribution in [0, 0.1) is 12.8 Å². The van der Waals surface area contributed by atoms with Crippen LogP contribution >= 0.6 is 0 Å². The second kappa shape index (κ2) is 4.23. The van der Waals surface area contributed by atoms with Gasteiger partial charge in [-0.3, -0.25) is 0 Å². The first kappa shape index (κ1) is 10.5. The van der Waals surface area contributed by atoms with E-state index in [4.69, 9.17) is 5.11 Å². The maximum absolute atomic E-state index is 8.92. The van der Waals surface area contributed by atoms with Crippen LogP contribution in [0.3, 0.4) is 0 Å². The first-order valence-corrected chi connectivity index (χ1v) is 5.67. The van der Waals surface area contributed by atoms with Gasteiger partial charge in [-0.1, -0.05) is 6.92 Å². The van der Waals surface area contributed by atoms with Crippen molar-refractivity contribution in [2.75, 3.05) is 18.5 Å². The predicted octanol–water partition coefficient (Wildman–Crippen LogP) is 1.18. The highest BCUT2D eigenvalue weighted by Crippen LogP contribution is 2.25. The fourth-order valence-corrected chi connectivity index (χ4v) is 2.22. The summed E-state index contributed by atoms with van der Waals surface area (Å²) in [6, 6.07) is 0. The Bertz CT molecular complexity index is 346. The molecule has 0 saturated carbocycles. The zero-order valence-corrected chi connectivity index (χ0v) is 9.45.